The Kier molecular flexibility index (Phi) is 2.10. The zero-order valence-corrected chi connectivity index (χ0v) is 8.17. The standard InChI is InChI=1S/C10H5ClN2O2/c11-7-1-5-3-8(14)10(15)13-9(5)6(2-7)4-12/h1-3,14H,(H,13,15). The summed E-state index contributed by atoms with van der Waals surface area (Å²) in [6, 6.07) is 6.22. The van der Waals surface area contributed by atoms with E-state index in [0.29, 0.717) is 15.9 Å². The van der Waals surface area contributed by atoms with Gasteiger partial charge in [-0.2, -0.15) is 5.26 Å². The number of pyridine rings is 1. The molecule has 0 amide bonds. The second kappa shape index (κ2) is 3.30. The number of H-pyrrole nitrogens is 1. The largest absolute Gasteiger partial charge is 0.503 e. The monoisotopic (exact) mass is 220 g/mol. The number of aromatic amines is 1. The van der Waals surface area contributed by atoms with Crippen LogP contribution in [0.1, 0.15) is 5.56 Å². The van der Waals surface area contributed by atoms with Crippen LogP contribution in [0, 0.1) is 11.3 Å². The van der Waals surface area contributed by atoms with Crippen LogP contribution in [-0.4, -0.2) is 10.1 Å². The molecule has 2 N–H and O–H groups in total. The van der Waals surface area contributed by atoms with Gasteiger partial charge in [-0.1, -0.05) is 11.6 Å². The van der Waals surface area contributed by atoms with E-state index in [1.165, 1.54) is 12.1 Å². The fourth-order valence-electron chi connectivity index (χ4n) is 1.36. The number of benzene rings is 1. The first-order valence-electron chi connectivity index (χ1n) is 4.07. The third-order valence-electron chi connectivity index (χ3n) is 2.02. The number of aromatic nitrogens is 1. The summed E-state index contributed by atoms with van der Waals surface area (Å²) < 4.78 is 0. The molecule has 74 valence electrons. The van der Waals surface area contributed by atoms with Gasteiger partial charge in [0.1, 0.15) is 6.07 Å². The Hall–Kier alpha value is -1.99. The van der Waals surface area contributed by atoms with E-state index in [0.717, 1.165) is 0 Å². The Bertz CT molecular complexity index is 640. The van der Waals surface area contributed by atoms with Gasteiger partial charge in [-0.25, -0.2) is 0 Å². The molecule has 0 bridgehead atoms. The molecule has 0 fully saturated rings. The minimum absolute atomic E-state index is 0.273. The van der Waals surface area contributed by atoms with E-state index in [-0.39, 0.29) is 5.56 Å². The predicted molar refractivity (Wildman–Crippen MR) is 56.0 cm³/mol. The number of nitriles is 1. The Labute approximate surface area is 89.3 Å². The molecule has 0 aliphatic heterocycles. The van der Waals surface area contributed by atoms with Crippen LogP contribution in [0.2, 0.25) is 5.02 Å². The molecule has 1 heterocycles. The Balaban J connectivity index is 2.99. The molecule has 5 heteroatoms. The summed E-state index contributed by atoms with van der Waals surface area (Å²) in [5.74, 6) is -0.395. The zero-order chi connectivity index (χ0) is 11.0. The molecule has 0 aliphatic carbocycles. The van der Waals surface area contributed by atoms with E-state index in [1.807, 2.05) is 6.07 Å². The topological polar surface area (TPSA) is 76.9 Å². The van der Waals surface area contributed by atoms with Crippen LogP contribution in [0.5, 0.6) is 5.75 Å². The van der Waals surface area contributed by atoms with E-state index < -0.39 is 11.3 Å². The number of hydrogen-bond donors (Lipinski definition) is 2. The van der Waals surface area contributed by atoms with E-state index in [9.17, 15) is 9.90 Å². The lowest BCUT2D eigenvalue weighted by Gasteiger charge is -2.01. The average molecular weight is 221 g/mol. The molecule has 2 rings (SSSR count). The average Bonchev–Trinajstić information content (AvgIpc) is 2.19. The first-order chi connectivity index (χ1) is 7.11. The molecule has 4 nitrogen and oxygen atoms in total. The first-order valence-corrected chi connectivity index (χ1v) is 4.45. The molecule has 0 saturated carbocycles. The number of hydrogen-bond acceptors (Lipinski definition) is 3. The lowest BCUT2D eigenvalue weighted by molar-refractivity contribution is 0.468. The van der Waals surface area contributed by atoms with Gasteiger partial charge in [0.15, 0.2) is 5.75 Å². The summed E-state index contributed by atoms with van der Waals surface area (Å²) >= 11 is 5.77. The van der Waals surface area contributed by atoms with Gasteiger partial charge in [-0.15, -0.1) is 0 Å². The highest BCUT2D eigenvalue weighted by Gasteiger charge is 2.06. The lowest BCUT2D eigenvalue weighted by Crippen LogP contribution is -2.05. The van der Waals surface area contributed by atoms with Crippen LogP contribution < -0.4 is 5.56 Å². The van der Waals surface area contributed by atoms with Gasteiger partial charge < -0.3 is 10.1 Å². The summed E-state index contributed by atoms with van der Waals surface area (Å²) in [5.41, 5.74) is 0.0284. The van der Waals surface area contributed by atoms with Crippen molar-refractivity contribution in [3.05, 3.63) is 39.1 Å². The maximum absolute atomic E-state index is 11.1. The maximum Gasteiger partial charge on any atom is 0.290 e. The number of rotatable bonds is 0. The molecule has 0 spiro atoms. The quantitative estimate of drug-likeness (QED) is 0.710. The second-order valence-corrected chi connectivity index (χ2v) is 3.45. The summed E-state index contributed by atoms with van der Waals surface area (Å²) in [4.78, 5) is 13.6. The number of nitrogens with zero attached hydrogens (tertiary/aromatic N) is 1. The van der Waals surface area contributed by atoms with Crippen molar-refractivity contribution in [2.75, 3.05) is 0 Å². The van der Waals surface area contributed by atoms with E-state index in [2.05, 4.69) is 4.98 Å². The number of nitrogens with one attached hydrogen (secondary N) is 1. The Morgan fingerprint density at radius 3 is 2.80 bits per heavy atom. The normalized spacial score (nSPS) is 10.1. The van der Waals surface area contributed by atoms with Crippen molar-refractivity contribution < 1.29 is 5.11 Å². The predicted octanol–water partition coefficient (Wildman–Crippen LogP) is 1.76. The van der Waals surface area contributed by atoms with Gasteiger partial charge in [-0.3, -0.25) is 4.79 Å². The van der Waals surface area contributed by atoms with Crippen molar-refractivity contribution in [2.24, 2.45) is 0 Å². The zero-order valence-electron chi connectivity index (χ0n) is 7.41. The van der Waals surface area contributed by atoms with E-state index >= 15 is 0 Å². The molecule has 0 aliphatic rings. The summed E-state index contributed by atoms with van der Waals surface area (Å²) in [5, 5.41) is 18.9. The molecule has 2 aromatic rings. The smallest absolute Gasteiger partial charge is 0.290 e. The number of fused-ring (bicyclic) bond motifs is 1. The van der Waals surface area contributed by atoms with Crippen LogP contribution in [0.3, 0.4) is 0 Å². The highest BCUT2D eigenvalue weighted by molar-refractivity contribution is 6.31. The summed E-state index contributed by atoms with van der Waals surface area (Å²) in [6.45, 7) is 0. The van der Waals surface area contributed by atoms with Gasteiger partial charge in [0.05, 0.1) is 11.1 Å². The fourth-order valence-corrected chi connectivity index (χ4v) is 1.59. The minimum atomic E-state index is -0.624. The van der Waals surface area contributed by atoms with Gasteiger partial charge >= 0.3 is 0 Å². The SMILES string of the molecule is N#Cc1cc(Cl)cc2cc(O)c(=O)[nH]c12. The summed E-state index contributed by atoms with van der Waals surface area (Å²) in [7, 11) is 0. The molecule has 1 aromatic heterocycles. The summed E-state index contributed by atoms with van der Waals surface area (Å²) in [6.07, 6.45) is 0. The van der Waals surface area contributed by atoms with Crippen LogP contribution in [0.25, 0.3) is 10.9 Å². The van der Waals surface area contributed by atoms with Crippen LogP contribution in [0.15, 0.2) is 23.0 Å². The van der Waals surface area contributed by atoms with Gasteiger partial charge in [0, 0.05) is 10.4 Å². The number of aromatic hydroxyl groups is 1. The third kappa shape index (κ3) is 1.53. The highest BCUT2D eigenvalue weighted by Crippen LogP contribution is 2.22. The molecular formula is C10H5ClN2O2. The van der Waals surface area contributed by atoms with Crippen LogP contribution >= 0.6 is 11.6 Å². The Morgan fingerprint density at radius 2 is 2.13 bits per heavy atom. The molecule has 1 aromatic carbocycles. The number of halogens is 1. The van der Waals surface area contributed by atoms with Crippen molar-refractivity contribution in [1.29, 1.82) is 5.26 Å². The van der Waals surface area contributed by atoms with Crippen molar-refractivity contribution in [3.8, 4) is 11.8 Å². The lowest BCUT2D eigenvalue weighted by atomic mass is 10.1. The highest BCUT2D eigenvalue weighted by atomic mass is 35.5. The fraction of sp³-hybridized carbons (Fsp3) is 0. The minimum Gasteiger partial charge on any atom is -0.503 e. The maximum atomic E-state index is 11.1. The third-order valence-corrected chi connectivity index (χ3v) is 2.24. The molecule has 0 saturated heterocycles. The van der Waals surface area contributed by atoms with Gasteiger partial charge in [0.2, 0.25) is 0 Å². The Morgan fingerprint density at radius 1 is 1.40 bits per heavy atom. The molecule has 15 heavy (non-hydrogen) atoms. The van der Waals surface area contributed by atoms with Crippen molar-refractivity contribution in [3.63, 3.8) is 0 Å². The van der Waals surface area contributed by atoms with Crippen LogP contribution in [-0.2, 0) is 0 Å². The van der Waals surface area contributed by atoms with Crippen molar-refractivity contribution in [1.82, 2.24) is 4.98 Å². The van der Waals surface area contributed by atoms with Crippen molar-refractivity contribution >= 4 is 22.5 Å². The molecule has 0 unspecified atom stereocenters. The molecule has 0 radical (unpaired) electrons. The molecular weight excluding hydrogens is 216 g/mol. The van der Waals surface area contributed by atoms with E-state index in [4.69, 9.17) is 16.9 Å². The van der Waals surface area contributed by atoms with E-state index in [1.54, 1.807) is 6.07 Å². The van der Waals surface area contributed by atoms with Crippen LogP contribution in [0.4, 0.5) is 0 Å². The van der Waals surface area contributed by atoms with Gasteiger partial charge in [0.25, 0.3) is 5.56 Å². The van der Waals surface area contributed by atoms with Crippen molar-refractivity contribution in [2.45, 2.75) is 0 Å². The second-order valence-electron chi connectivity index (χ2n) is 3.01. The first kappa shape index (κ1) is 9.56. The van der Waals surface area contributed by atoms with Gasteiger partial charge in [-0.05, 0) is 18.2 Å². The molecule has 0 atom stereocenters.